The first-order valence-electron chi connectivity index (χ1n) is 18.1. The molecule has 2 bridgehead atoms. The fraction of sp³-hybridized carbons (Fsp3) is 0.838. The molecule has 3 rings (SSSR count). The van der Waals surface area contributed by atoms with Crippen molar-refractivity contribution in [3.05, 3.63) is 12.2 Å². The lowest BCUT2D eigenvalue weighted by Gasteiger charge is -2.49. The highest BCUT2D eigenvalue weighted by Crippen LogP contribution is 2.41. The van der Waals surface area contributed by atoms with Crippen molar-refractivity contribution in [3.63, 3.8) is 0 Å². The van der Waals surface area contributed by atoms with Crippen LogP contribution in [0.1, 0.15) is 88.5 Å². The molecule has 292 valence electrons. The molecule has 0 aromatic heterocycles. The van der Waals surface area contributed by atoms with Crippen molar-refractivity contribution in [2.45, 2.75) is 149 Å². The van der Waals surface area contributed by atoms with Crippen LogP contribution in [0.2, 0.25) is 0 Å². The van der Waals surface area contributed by atoms with Crippen LogP contribution in [0.5, 0.6) is 0 Å². The highest BCUT2D eigenvalue weighted by molar-refractivity contribution is 5.89. The number of hydrogen-bond donors (Lipinski definition) is 2. The lowest BCUT2D eigenvalue weighted by atomic mass is 9.73. The highest BCUT2D eigenvalue weighted by atomic mass is 16.7. The summed E-state index contributed by atoms with van der Waals surface area (Å²) in [7, 11) is 3.78. The SMILES string of the molecule is C=C1CO[C@@H]2[C@@H](C)/C(=N/OC(C)=O)[C@H](C)C[C@@](C)(OC1)[C@H](O[C@@H]1O[C@H](C)C[C@H](N(C)C)[C@H]1OC(C)=O)[C@H](C)[C@H](O)[C@@H](C)C(=O)O[C@H](CC)[C@@]2(C)O. The van der Waals surface area contributed by atoms with E-state index in [9.17, 15) is 24.6 Å². The Labute approximate surface area is 303 Å². The second-order valence-electron chi connectivity index (χ2n) is 15.5. The molecule has 3 fully saturated rings. The molecule has 3 aliphatic rings. The van der Waals surface area contributed by atoms with Crippen LogP contribution >= 0.6 is 0 Å². The first-order valence-corrected chi connectivity index (χ1v) is 18.1. The Hall–Kier alpha value is -2.46. The van der Waals surface area contributed by atoms with Crippen LogP contribution in [0.3, 0.4) is 0 Å². The fourth-order valence-corrected chi connectivity index (χ4v) is 7.95. The van der Waals surface area contributed by atoms with E-state index in [1.807, 2.05) is 46.7 Å². The zero-order valence-electron chi connectivity index (χ0n) is 32.5. The van der Waals surface area contributed by atoms with E-state index < -0.39 is 89.6 Å². The summed E-state index contributed by atoms with van der Waals surface area (Å²) in [5.74, 6) is -4.88. The molecule has 0 aromatic carbocycles. The number of cyclic esters (lactones) is 1. The zero-order valence-corrected chi connectivity index (χ0v) is 32.5. The van der Waals surface area contributed by atoms with Crippen molar-refractivity contribution >= 4 is 23.6 Å². The molecule has 51 heavy (non-hydrogen) atoms. The molecule has 0 radical (unpaired) electrons. The minimum Gasteiger partial charge on any atom is -0.459 e. The van der Waals surface area contributed by atoms with Gasteiger partial charge in [0.2, 0.25) is 0 Å². The van der Waals surface area contributed by atoms with Crippen LogP contribution in [0.25, 0.3) is 0 Å². The van der Waals surface area contributed by atoms with Crippen LogP contribution in [0.15, 0.2) is 17.3 Å². The summed E-state index contributed by atoms with van der Waals surface area (Å²) in [5.41, 5.74) is -2.07. The number of fused-ring (bicyclic) bond motifs is 5. The van der Waals surface area contributed by atoms with Crippen molar-refractivity contribution in [2.75, 3.05) is 27.3 Å². The van der Waals surface area contributed by atoms with Crippen LogP contribution in [-0.2, 0) is 47.6 Å². The Balaban J connectivity index is 2.32. The van der Waals surface area contributed by atoms with Crippen LogP contribution in [0.4, 0.5) is 0 Å². The predicted molar refractivity (Wildman–Crippen MR) is 187 cm³/mol. The molecule has 14 atom stereocenters. The van der Waals surface area contributed by atoms with E-state index in [4.69, 9.17) is 33.3 Å². The first-order chi connectivity index (χ1) is 23.6. The Bertz CT molecular complexity index is 1270. The molecule has 0 saturated carbocycles. The Morgan fingerprint density at radius 2 is 1.71 bits per heavy atom. The number of carbonyl (C=O) groups excluding carboxylic acids is 3. The first kappa shape index (κ1) is 42.9. The number of ether oxygens (including phenoxy) is 6. The summed E-state index contributed by atoms with van der Waals surface area (Å²) >= 11 is 0. The molecule has 0 aliphatic carbocycles. The number of aliphatic hydroxyl groups excluding tert-OH is 1. The molecular weight excluding hydrogens is 664 g/mol. The van der Waals surface area contributed by atoms with E-state index in [1.165, 1.54) is 20.8 Å². The van der Waals surface area contributed by atoms with Crippen LogP contribution in [0, 0.1) is 23.7 Å². The van der Waals surface area contributed by atoms with Gasteiger partial charge in [-0.25, -0.2) is 4.79 Å². The van der Waals surface area contributed by atoms with Gasteiger partial charge in [0.25, 0.3) is 0 Å². The second-order valence-corrected chi connectivity index (χ2v) is 15.5. The third-order valence-electron chi connectivity index (χ3n) is 10.7. The number of carbonyl (C=O) groups is 3. The molecule has 2 N–H and O–H groups in total. The van der Waals surface area contributed by atoms with E-state index in [1.54, 1.807) is 20.8 Å². The minimum absolute atomic E-state index is 0.0172. The van der Waals surface area contributed by atoms with Crippen LogP contribution < -0.4 is 0 Å². The molecule has 0 spiro atoms. The maximum Gasteiger partial charge on any atom is 0.331 e. The zero-order chi connectivity index (χ0) is 38.6. The van der Waals surface area contributed by atoms with E-state index >= 15 is 0 Å². The average molecular weight is 727 g/mol. The number of aliphatic hydroxyl groups is 2. The van der Waals surface area contributed by atoms with Gasteiger partial charge in [-0.05, 0) is 66.6 Å². The van der Waals surface area contributed by atoms with Crippen molar-refractivity contribution < 1.29 is 57.9 Å². The number of esters is 2. The Morgan fingerprint density at radius 3 is 2.27 bits per heavy atom. The number of hydrogen-bond acceptors (Lipinski definition) is 14. The smallest absolute Gasteiger partial charge is 0.331 e. The van der Waals surface area contributed by atoms with Gasteiger partial charge < -0.3 is 48.4 Å². The van der Waals surface area contributed by atoms with Gasteiger partial charge in [0.05, 0.1) is 60.9 Å². The summed E-state index contributed by atoms with van der Waals surface area (Å²) < 4.78 is 38.2. The van der Waals surface area contributed by atoms with Gasteiger partial charge in [0, 0.05) is 31.6 Å². The molecule has 14 heteroatoms. The molecule has 0 amide bonds. The van der Waals surface area contributed by atoms with Crippen molar-refractivity contribution in [1.29, 1.82) is 0 Å². The maximum absolute atomic E-state index is 13.8. The summed E-state index contributed by atoms with van der Waals surface area (Å²) in [5, 5.41) is 28.4. The van der Waals surface area contributed by atoms with Gasteiger partial charge in [-0.2, -0.15) is 0 Å². The van der Waals surface area contributed by atoms with Gasteiger partial charge in [-0.15, -0.1) is 0 Å². The van der Waals surface area contributed by atoms with E-state index in [0.29, 0.717) is 17.7 Å². The molecule has 3 aliphatic heterocycles. The van der Waals surface area contributed by atoms with E-state index in [-0.39, 0.29) is 38.2 Å². The number of nitrogens with zero attached hydrogens (tertiary/aromatic N) is 2. The fourth-order valence-electron chi connectivity index (χ4n) is 7.95. The largest absolute Gasteiger partial charge is 0.459 e. The van der Waals surface area contributed by atoms with Gasteiger partial charge in [0.15, 0.2) is 12.4 Å². The molecule has 14 nitrogen and oxygen atoms in total. The van der Waals surface area contributed by atoms with E-state index in [2.05, 4.69) is 11.7 Å². The standard InChI is InChI=1S/C37H62N2O12/c1-14-28-37(11,44)33-22(5)29(38-51-26(9)41)20(3)16-36(10,46-18-19(2)17-45-33)32(23(6)30(42)24(7)34(43)49-28)50-35-31(48-25(8)40)27(39(12)13)15-21(4)47-35/h20-24,27-28,30-33,35,42,44H,2,14-18H2,1,3-13H3/b38-29+/t20-,21-,22+,23-,24-,27+,28-,30+,31-,32-,33-,35+,36-,37-/m1/s1. The Kier molecular flexibility index (Phi) is 14.8. The normalized spacial score (nSPS) is 42.7. The van der Waals surface area contributed by atoms with Gasteiger partial charge in [0.1, 0.15) is 11.7 Å². The summed E-state index contributed by atoms with van der Waals surface area (Å²) in [6, 6.07) is -0.258. The monoisotopic (exact) mass is 726 g/mol. The second kappa shape index (κ2) is 17.6. The minimum atomic E-state index is -1.76. The van der Waals surface area contributed by atoms with Gasteiger partial charge in [-0.1, -0.05) is 39.4 Å². The molecule has 0 aromatic rings. The number of likely N-dealkylation sites (N-methyl/N-ethyl adjacent to an activating group) is 1. The summed E-state index contributed by atoms with van der Waals surface area (Å²) in [6.07, 6.45) is -5.57. The average Bonchev–Trinajstić information content (AvgIpc) is 3.04. The van der Waals surface area contributed by atoms with E-state index in [0.717, 1.165) is 0 Å². The Morgan fingerprint density at radius 1 is 1.06 bits per heavy atom. The highest BCUT2D eigenvalue weighted by Gasteiger charge is 2.53. The predicted octanol–water partition coefficient (Wildman–Crippen LogP) is 3.40. The number of rotatable bonds is 6. The van der Waals surface area contributed by atoms with Crippen molar-refractivity contribution in [1.82, 2.24) is 4.90 Å². The lowest BCUT2D eigenvalue weighted by molar-refractivity contribution is -0.304. The molecular formula is C37H62N2O12. The molecule has 3 saturated heterocycles. The van der Waals surface area contributed by atoms with Crippen LogP contribution in [-0.4, -0.2) is 126 Å². The third-order valence-corrected chi connectivity index (χ3v) is 10.7. The quantitative estimate of drug-likeness (QED) is 0.177. The summed E-state index contributed by atoms with van der Waals surface area (Å²) in [4.78, 5) is 45.4. The van der Waals surface area contributed by atoms with Crippen molar-refractivity contribution in [2.24, 2.45) is 28.8 Å². The number of oxime groups is 1. The lowest BCUT2D eigenvalue weighted by Crippen LogP contribution is -2.61. The van der Waals surface area contributed by atoms with Crippen molar-refractivity contribution in [3.8, 4) is 0 Å². The topological polar surface area (TPSA) is 172 Å². The molecule has 3 heterocycles. The summed E-state index contributed by atoms with van der Waals surface area (Å²) in [6.45, 7) is 20.8. The maximum atomic E-state index is 13.8. The van der Waals surface area contributed by atoms with Gasteiger partial charge in [-0.3, -0.25) is 9.59 Å². The third kappa shape index (κ3) is 10.2. The van der Waals surface area contributed by atoms with Gasteiger partial charge >= 0.3 is 17.9 Å². The molecule has 0 unspecified atom stereocenters.